The van der Waals surface area contributed by atoms with Gasteiger partial charge in [0.1, 0.15) is 0 Å². The third-order valence-electron chi connectivity index (χ3n) is 2.90. The molecule has 0 aliphatic carbocycles. The number of amides is 1. The molecule has 0 saturated heterocycles. The first-order valence-corrected chi connectivity index (χ1v) is 7.50. The SMILES string of the molecule is CN(C)C(=O)/C(=C/c1cccc2ccccc12)SC=S. The van der Waals surface area contributed by atoms with Gasteiger partial charge in [-0.25, -0.2) is 0 Å². The van der Waals surface area contributed by atoms with E-state index in [4.69, 9.17) is 12.2 Å². The minimum absolute atomic E-state index is 0.0379. The van der Waals surface area contributed by atoms with Crippen LogP contribution in [-0.2, 0) is 4.79 Å². The highest BCUT2D eigenvalue weighted by Crippen LogP contribution is 2.25. The topological polar surface area (TPSA) is 20.3 Å². The first kappa shape index (κ1) is 14.8. The fraction of sp³-hybridized carbons (Fsp3) is 0.125. The Bertz CT molecular complexity index is 672. The van der Waals surface area contributed by atoms with Crippen LogP contribution >= 0.6 is 24.0 Å². The van der Waals surface area contributed by atoms with Crippen LogP contribution in [0.5, 0.6) is 0 Å². The summed E-state index contributed by atoms with van der Waals surface area (Å²) < 4.78 is 1.51. The van der Waals surface area contributed by atoms with Crippen molar-refractivity contribution in [3.63, 3.8) is 0 Å². The lowest BCUT2D eigenvalue weighted by Crippen LogP contribution is -2.22. The first-order chi connectivity index (χ1) is 9.63. The van der Waals surface area contributed by atoms with Crippen LogP contribution in [0, 0.1) is 0 Å². The Morgan fingerprint density at radius 1 is 1.15 bits per heavy atom. The van der Waals surface area contributed by atoms with Crippen molar-refractivity contribution >= 4 is 51.4 Å². The molecule has 0 radical (unpaired) electrons. The second-order valence-electron chi connectivity index (χ2n) is 4.49. The fourth-order valence-electron chi connectivity index (χ4n) is 1.94. The van der Waals surface area contributed by atoms with Gasteiger partial charge >= 0.3 is 0 Å². The Morgan fingerprint density at radius 2 is 1.85 bits per heavy atom. The van der Waals surface area contributed by atoms with Crippen LogP contribution in [0.25, 0.3) is 16.8 Å². The van der Waals surface area contributed by atoms with E-state index >= 15 is 0 Å². The second-order valence-corrected chi connectivity index (χ2v) is 5.94. The van der Waals surface area contributed by atoms with E-state index < -0.39 is 0 Å². The van der Waals surface area contributed by atoms with Crippen LogP contribution in [-0.4, -0.2) is 29.6 Å². The number of hydrogen-bond donors (Lipinski definition) is 0. The van der Waals surface area contributed by atoms with Gasteiger partial charge in [-0.15, -0.1) is 0 Å². The summed E-state index contributed by atoms with van der Waals surface area (Å²) in [5.41, 5.74) is 1.03. The van der Waals surface area contributed by atoms with Crippen molar-refractivity contribution in [1.29, 1.82) is 0 Å². The third kappa shape index (κ3) is 3.26. The Hall–Kier alpha value is -1.65. The third-order valence-corrected chi connectivity index (χ3v) is 3.83. The number of thioether (sulfide) groups is 1. The van der Waals surface area contributed by atoms with E-state index in [1.165, 1.54) is 16.5 Å². The molecule has 2 rings (SSSR count). The van der Waals surface area contributed by atoms with Crippen molar-refractivity contribution in [2.24, 2.45) is 0 Å². The summed E-state index contributed by atoms with van der Waals surface area (Å²) in [6.45, 7) is 0. The predicted molar refractivity (Wildman–Crippen MR) is 91.9 cm³/mol. The molecule has 20 heavy (non-hydrogen) atoms. The highest BCUT2D eigenvalue weighted by molar-refractivity contribution is 8.24. The Kier molecular flexibility index (Phi) is 4.93. The molecule has 0 unspecified atom stereocenters. The van der Waals surface area contributed by atoms with Gasteiger partial charge in [0, 0.05) is 18.8 Å². The number of nitrogens with zero attached hydrogens (tertiary/aromatic N) is 1. The summed E-state index contributed by atoms with van der Waals surface area (Å²) >= 11 is 6.15. The maximum Gasteiger partial charge on any atom is 0.260 e. The van der Waals surface area contributed by atoms with Crippen molar-refractivity contribution in [3.05, 3.63) is 52.9 Å². The zero-order valence-electron chi connectivity index (χ0n) is 11.4. The van der Waals surface area contributed by atoms with Crippen LogP contribution in [0.15, 0.2) is 47.4 Å². The average Bonchev–Trinajstić information content (AvgIpc) is 2.46. The van der Waals surface area contributed by atoms with Crippen molar-refractivity contribution in [2.75, 3.05) is 14.1 Å². The van der Waals surface area contributed by atoms with Crippen LogP contribution in [0.1, 0.15) is 5.56 Å². The lowest BCUT2D eigenvalue weighted by atomic mass is 10.0. The van der Waals surface area contributed by atoms with Crippen molar-refractivity contribution in [2.45, 2.75) is 0 Å². The number of benzene rings is 2. The first-order valence-electron chi connectivity index (χ1n) is 6.15. The predicted octanol–water partition coefficient (Wildman–Crippen LogP) is 3.96. The lowest BCUT2D eigenvalue weighted by Gasteiger charge is -2.12. The van der Waals surface area contributed by atoms with Crippen molar-refractivity contribution in [3.8, 4) is 0 Å². The summed E-state index contributed by atoms with van der Waals surface area (Å²) in [6.07, 6.45) is 1.90. The Morgan fingerprint density at radius 3 is 2.55 bits per heavy atom. The molecule has 0 spiro atoms. The summed E-state index contributed by atoms with van der Waals surface area (Å²) in [6, 6.07) is 14.2. The molecule has 0 aliphatic heterocycles. The molecule has 0 atom stereocenters. The Labute approximate surface area is 128 Å². The van der Waals surface area contributed by atoms with E-state index in [2.05, 4.69) is 18.2 Å². The molecule has 0 fully saturated rings. The number of likely N-dealkylation sites (N-methyl/N-ethyl adjacent to an activating group) is 1. The van der Waals surface area contributed by atoms with Crippen LogP contribution in [0.2, 0.25) is 0 Å². The molecular formula is C16H15NOS2. The molecule has 0 saturated carbocycles. The fourth-order valence-corrected chi connectivity index (χ4v) is 2.83. The molecule has 1 amide bonds. The summed E-state index contributed by atoms with van der Waals surface area (Å²) in [4.78, 5) is 14.3. The van der Waals surface area contributed by atoms with Gasteiger partial charge in [0.25, 0.3) is 5.91 Å². The molecule has 102 valence electrons. The molecule has 0 aliphatic rings. The Balaban J connectivity index is 2.53. The molecule has 2 aromatic carbocycles. The van der Waals surface area contributed by atoms with E-state index in [1.807, 2.05) is 30.3 Å². The maximum atomic E-state index is 12.1. The van der Waals surface area contributed by atoms with Crippen molar-refractivity contribution < 1.29 is 4.79 Å². The number of rotatable bonds is 4. The van der Waals surface area contributed by atoms with Crippen LogP contribution in [0.4, 0.5) is 0 Å². The van der Waals surface area contributed by atoms with Crippen LogP contribution < -0.4 is 0 Å². The molecule has 0 heterocycles. The summed E-state index contributed by atoms with van der Waals surface area (Å²) in [7, 11) is 3.48. The minimum atomic E-state index is -0.0379. The van der Waals surface area contributed by atoms with Gasteiger partial charge in [-0.2, -0.15) is 0 Å². The summed E-state index contributed by atoms with van der Waals surface area (Å²) in [5.74, 6) is -0.0379. The number of thiocarbonyl (C=S) groups is 1. The molecule has 0 N–H and O–H groups in total. The second kappa shape index (κ2) is 6.68. The standard InChI is InChI=1S/C16H15NOS2/c1-17(2)16(18)15(20-11-19)10-13-8-5-7-12-6-3-4-9-14(12)13/h3-11H,1-2H3/b15-10-. The molecular weight excluding hydrogens is 286 g/mol. The normalized spacial score (nSPS) is 11.4. The highest BCUT2D eigenvalue weighted by Gasteiger charge is 2.12. The molecule has 2 aromatic rings. The monoisotopic (exact) mass is 301 g/mol. The smallest absolute Gasteiger partial charge is 0.260 e. The highest BCUT2D eigenvalue weighted by atomic mass is 32.2. The van der Waals surface area contributed by atoms with Gasteiger partial charge in [0.15, 0.2) is 0 Å². The van der Waals surface area contributed by atoms with Gasteiger partial charge < -0.3 is 4.90 Å². The quantitative estimate of drug-likeness (QED) is 0.630. The summed E-state index contributed by atoms with van der Waals surface area (Å²) in [5, 5.41) is 2.29. The number of carbonyl (C=O) groups is 1. The van der Waals surface area contributed by atoms with Gasteiger partial charge in [-0.05, 0) is 22.4 Å². The number of fused-ring (bicyclic) bond motifs is 1. The molecule has 0 aromatic heterocycles. The van der Waals surface area contributed by atoms with E-state index in [0.29, 0.717) is 4.91 Å². The maximum absolute atomic E-state index is 12.1. The van der Waals surface area contributed by atoms with Crippen molar-refractivity contribution in [1.82, 2.24) is 4.90 Å². The molecule has 0 bridgehead atoms. The van der Waals surface area contributed by atoms with E-state index in [-0.39, 0.29) is 5.91 Å². The molecule has 4 heteroatoms. The van der Waals surface area contributed by atoms with E-state index in [1.54, 1.807) is 19.0 Å². The van der Waals surface area contributed by atoms with Gasteiger partial charge in [-0.3, -0.25) is 4.79 Å². The van der Waals surface area contributed by atoms with Gasteiger partial charge in [-0.1, -0.05) is 66.4 Å². The van der Waals surface area contributed by atoms with Gasteiger partial charge in [0.2, 0.25) is 0 Å². The zero-order chi connectivity index (χ0) is 14.5. The zero-order valence-corrected chi connectivity index (χ0v) is 13.0. The largest absolute Gasteiger partial charge is 0.344 e. The number of hydrogen-bond acceptors (Lipinski definition) is 3. The van der Waals surface area contributed by atoms with E-state index in [0.717, 1.165) is 16.3 Å². The average molecular weight is 301 g/mol. The minimum Gasteiger partial charge on any atom is -0.344 e. The molecule has 2 nitrogen and oxygen atoms in total. The van der Waals surface area contributed by atoms with E-state index in [9.17, 15) is 4.79 Å². The van der Waals surface area contributed by atoms with Crippen LogP contribution in [0.3, 0.4) is 0 Å². The lowest BCUT2D eigenvalue weighted by molar-refractivity contribution is -0.123. The number of carbonyl (C=O) groups excluding carboxylic acids is 1. The van der Waals surface area contributed by atoms with Gasteiger partial charge in [0.05, 0.1) is 4.91 Å².